The second-order valence-electron chi connectivity index (χ2n) is 10.3. The molecular formula is C36H23FN4S. The van der Waals surface area contributed by atoms with E-state index in [-0.39, 0.29) is 5.82 Å². The molecule has 3 heterocycles. The maximum Gasteiger partial charge on any atom is 0.182 e. The molecule has 6 heteroatoms. The van der Waals surface area contributed by atoms with Gasteiger partial charge in [-0.3, -0.25) is 0 Å². The van der Waals surface area contributed by atoms with Gasteiger partial charge in [-0.1, -0.05) is 72.8 Å². The second-order valence-corrected chi connectivity index (χ2v) is 10.8. The van der Waals surface area contributed by atoms with Crippen molar-refractivity contribution in [2.24, 2.45) is 0 Å². The maximum atomic E-state index is 15.7. The van der Waals surface area contributed by atoms with E-state index in [1.165, 1.54) is 22.6 Å². The third-order valence-corrected chi connectivity index (χ3v) is 8.17. The topological polar surface area (TPSA) is 35.1 Å². The Morgan fingerprint density at radius 2 is 1.38 bits per heavy atom. The molecule has 0 spiro atoms. The summed E-state index contributed by atoms with van der Waals surface area (Å²) in [5.41, 5.74) is 7.98. The smallest absolute Gasteiger partial charge is 0.182 e. The summed E-state index contributed by atoms with van der Waals surface area (Å²) in [6.45, 7) is 0. The summed E-state index contributed by atoms with van der Waals surface area (Å²) in [7, 11) is 0. The Kier molecular flexibility index (Phi) is 5.69. The number of nitrogens with zero attached hydrogens (tertiary/aromatic N) is 4. The number of para-hydroxylation sites is 1. The number of halogens is 1. The van der Waals surface area contributed by atoms with Gasteiger partial charge in [0, 0.05) is 38.7 Å². The molecule has 0 atom stereocenters. The van der Waals surface area contributed by atoms with Crippen molar-refractivity contribution in [3.8, 4) is 39.3 Å². The van der Waals surface area contributed by atoms with Crippen LogP contribution in [0.4, 0.5) is 4.39 Å². The normalized spacial score (nSPS) is 11.6. The summed E-state index contributed by atoms with van der Waals surface area (Å²) in [5.74, 6) is 0.125. The fourth-order valence-electron chi connectivity index (χ4n) is 5.77. The highest BCUT2D eigenvalue weighted by Crippen LogP contribution is 2.38. The Bertz CT molecular complexity index is 2250. The average Bonchev–Trinajstić information content (AvgIpc) is 3.61. The van der Waals surface area contributed by atoms with Gasteiger partial charge in [0.15, 0.2) is 11.5 Å². The van der Waals surface area contributed by atoms with Gasteiger partial charge in [-0.2, -0.15) is 0 Å². The van der Waals surface area contributed by atoms with Crippen LogP contribution in [0.1, 0.15) is 0 Å². The quantitative estimate of drug-likeness (QED) is 0.217. The van der Waals surface area contributed by atoms with Crippen LogP contribution < -0.4 is 0 Å². The summed E-state index contributed by atoms with van der Waals surface area (Å²) < 4.78 is 19.7. The maximum absolute atomic E-state index is 15.7. The number of hydrogen-bond donors (Lipinski definition) is 1. The predicted molar refractivity (Wildman–Crippen MR) is 171 cm³/mol. The predicted octanol–water partition coefficient (Wildman–Crippen LogP) is 9.26. The van der Waals surface area contributed by atoms with Gasteiger partial charge in [0.1, 0.15) is 5.82 Å². The molecule has 4 nitrogen and oxygen atoms in total. The van der Waals surface area contributed by atoms with E-state index in [1.807, 2.05) is 54.7 Å². The Balaban J connectivity index is 1.26. The summed E-state index contributed by atoms with van der Waals surface area (Å²) in [5, 5.41) is 6.83. The highest BCUT2D eigenvalue weighted by atomic mass is 32.1. The lowest BCUT2D eigenvalue weighted by Gasteiger charge is -2.13. The van der Waals surface area contributed by atoms with Gasteiger partial charge in [0.05, 0.1) is 11.0 Å². The standard InChI is InChI=1S/C36H23FN4S/c37-31-21-25(36-38-35-12-6-7-19-40(35)39-36)13-16-27(31)30-22-26(15-18-34(30)42)41-32-11-5-4-10-28(32)29-20-24(14-17-33(29)41)23-8-2-1-3-9-23/h1-22,42H. The molecule has 0 aliphatic carbocycles. The van der Waals surface area contributed by atoms with Gasteiger partial charge in [0.25, 0.3) is 0 Å². The Morgan fingerprint density at radius 3 is 2.24 bits per heavy atom. The van der Waals surface area contributed by atoms with Crippen LogP contribution in [-0.4, -0.2) is 19.2 Å². The van der Waals surface area contributed by atoms with Crippen molar-refractivity contribution in [3.05, 3.63) is 139 Å². The summed E-state index contributed by atoms with van der Waals surface area (Å²) in [6, 6.07) is 42.2. The van der Waals surface area contributed by atoms with Crippen molar-refractivity contribution < 1.29 is 4.39 Å². The minimum Gasteiger partial charge on any atom is -0.309 e. The van der Waals surface area contributed by atoms with Gasteiger partial charge in [-0.25, -0.2) is 13.9 Å². The summed E-state index contributed by atoms with van der Waals surface area (Å²) >= 11 is 4.73. The monoisotopic (exact) mass is 562 g/mol. The van der Waals surface area contributed by atoms with E-state index in [0.29, 0.717) is 27.5 Å². The number of fused-ring (bicyclic) bond motifs is 4. The van der Waals surface area contributed by atoms with Crippen molar-refractivity contribution in [1.29, 1.82) is 0 Å². The first-order valence-corrected chi connectivity index (χ1v) is 14.1. The molecule has 3 aromatic heterocycles. The van der Waals surface area contributed by atoms with Crippen LogP contribution >= 0.6 is 12.6 Å². The molecule has 0 saturated heterocycles. The van der Waals surface area contributed by atoms with E-state index >= 15 is 4.39 Å². The average molecular weight is 563 g/mol. The van der Waals surface area contributed by atoms with Crippen LogP contribution in [0.3, 0.4) is 0 Å². The largest absolute Gasteiger partial charge is 0.309 e. The molecule has 0 N–H and O–H groups in total. The van der Waals surface area contributed by atoms with Crippen LogP contribution in [-0.2, 0) is 0 Å². The van der Waals surface area contributed by atoms with Crippen molar-refractivity contribution in [2.75, 3.05) is 0 Å². The number of benzene rings is 5. The highest BCUT2D eigenvalue weighted by Gasteiger charge is 2.17. The van der Waals surface area contributed by atoms with Gasteiger partial charge < -0.3 is 4.57 Å². The molecule has 8 rings (SSSR count). The molecule has 0 amide bonds. The number of thiol groups is 1. The lowest BCUT2D eigenvalue weighted by atomic mass is 10.0. The second kappa shape index (κ2) is 9.72. The number of hydrogen-bond acceptors (Lipinski definition) is 3. The highest BCUT2D eigenvalue weighted by molar-refractivity contribution is 7.80. The van der Waals surface area contributed by atoms with Crippen molar-refractivity contribution in [1.82, 2.24) is 19.2 Å². The fourth-order valence-corrected chi connectivity index (χ4v) is 6.03. The lowest BCUT2D eigenvalue weighted by molar-refractivity contribution is 0.631. The van der Waals surface area contributed by atoms with E-state index in [0.717, 1.165) is 27.7 Å². The molecular weight excluding hydrogens is 539 g/mol. The van der Waals surface area contributed by atoms with Gasteiger partial charge in [-0.15, -0.1) is 17.7 Å². The SMILES string of the molecule is Fc1cc(-c2nc3ccccn3n2)ccc1-c1cc(-n2c3ccccc3c3cc(-c4ccccc4)ccc32)ccc1S. The first kappa shape index (κ1) is 24.6. The number of aromatic nitrogens is 4. The Morgan fingerprint density at radius 1 is 0.595 bits per heavy atom. The van der Waals surface area contributed by atoms with Crippen LogP contribution in [0.2, 0.25) is 0 Å². The molecule has 0 aliphatic rings. The zero-order valence-electron chi connectivity index (χ0n) is 22.3. The lowest BCUT2D eigenvalue weighted by Crippen LogP contribution is -1.96. The molecule has 8 aromatic rings. The fraction of sp³-hybridized carbons (Fsp3) is 0. The molecule has 0 saturated carbocycles. The van der Waals surface area contributed by atoms with Crippen molar-refractivity contribution >= 4 is 40.1 Å². The Labute approximate surface area is 246 Å². The van der Waals surface area contributed by atoms with Gasteiger partial charge >= 0.3 is 0 Å². The third kappa shape index (κ3) is 3.99. The molecule has 5 aromatic carbocycles. The summed E-state index contributed by atoms with van der Waals surface area (Å²) in [4.78, 5) is 5.24. The van der Waals surface area contributed by atoms with E-state index < -0.39 is 0 Å². The zero-order chi connectivity index (χ0) is 28.2. The van der Waals surface area contributed by atoms with Crippen LogP contribution in [0.25, 0.3) is 66.8 Å². The first-order chi connectivity index (χ1) is 20.6. The van der Waals surface area contributed by atoms with E-state index in [2.05, 4.69) is 81.4 Å². The van der Waals surface area contributed by atoms with E-state index in [1.54, 1.807) is 10.6 Å². The first-order valence-electron chi connectivity index (χ1n) is 13.7. The minimum atomic E-state index is -0.353. The van der Waals surface area contributed by atoms with E-state index in [9.17, 15) is 0 Å². The van der Waals surface area contributed by atoms with Gasteiger partial charge in [-0.05, 0) is 71.3 Å². The van der Waals surface area contributed by atoms with E-state index in [4.69, 9.17) is 12.6 Å². The molecule has 0 aliphatic heterocycles. The minimum absolute atomic E-state index is 0.353. The molecule has 0 bridgehead atoms. The summed E-state index contributed by atoms with van der Waals surface area (Å²) in [6.07, 6.45) is 1.83. The molecule has 0 radical (unpaired) electrons. The van der Waals surface area contributed by atoms with Crippen molar-refractivity contribution in [2.45, 2.75) is 4.90 Å². The van der Waals surface area contributed by atoms with Crippen LogP contribution in [0, 0.1) is 5.82 Å². The van der Waals surface area contributed by atoms with Crippen LogP contribution in [0.15, 0.2) is 138 Å². The molecule has 200 valence electrons. The zero-order valence-corrected chi connectivity index (χ0v) is 23.2. The van der Waals surface area contributed by atoms with Gasteiger partial charge in [0.2, 0.25) is 0 Å². The Hall–Kier alpha value is -5.20. The third-order valence-electron chi connectivity index (χ3n) is 7.78. The molecule has 0 unspecified atom stereocenters. The van der Waals surface area contributed by atoms with Crippen LogP contribution in [0.5, 0.6) is 0 Å². The van der Waals surface area contributed by atoms with Crippen molar-refractivity contribution in [3.63, 3.8) is 0 Å². The number of pyridine rings is 1. The molecule has 0 fully saturated rings. The number of rotatable bonds is 4. The molecule has 42 heavy (non-hydrogen) atoms.